The average Bonchev–Trinajstić information content (AvgIpc) is 3.21. The number of benzene rings is 1. The highest BCUT2D eigenvalue weighted by molar-refractivity contribution is 7.98. The van der Waals surface area contributed by atoms with Crippen LogP contribution in [0.5, 0.6) is 0 Å². The van der Waals surface area contributed by atoms with E-state index in [9.17, 15) is 24.3 Å². The van der Waals surface area contributed by atoms with Crippen LogP contribution in [0.25, 0.3) is 10.9 Å². The Kier molecular flexibility index (Phi) is 10.4. The zero-order valence-electron chi connectivity index (χ0n) is 19.0. The number of rotatable bonds is 13. The summed E-state index contributed by atoms with van der Waals surface area (Å²) in [6.07, 6.45) is 2.80. The molecule has 4 atom stereocenters. The minimum atomic E-state index is -1.25. The SMILES string of the molecule is CSCCC(NC(=O)C(Cc1c[nH]c2ccccc12)NC(=O)C(N)C(C)O)C(=O)NCC(=O)O. The average molecular weight is 494 g/mol. The first-order valence-corrected chi connectivity index (χ1v) is 12.1. The van der Waals surface area contributed by atoms with Gasteiger partial charge in [0.2, 0.25) is 17.7 Å². The number of aromatic amines is 1. The molecule has 1 aromatic heterocycles. The minimum absolute atomic E-state index is 0.0973. The second-order valence-electron chi connectivity index (χ2n) is 7.85. The lowest BCUT2D eigenvalue weighted by atomic mass is 10.0. The first kappa shape index (κ1) is 27.2. The van der Waals surface area contributed by atoms with E-state index in [0.29, 0.717) is 5.75 Å². The maximum Gasteiger partial charge on any atom is 0.322 e. The number of nitrogens with two attached hydrogens (primary N) is 1. The zero-order valence-corrected chi connectivity index (χ0v) is 19.9. The molecule has 1 aromatic carbocycles. The van der Waals surface area contributed by atoms with E-state index in [1.807, 2.05) is 30.5 Å². The summed E-state index contributed by atoms with van der Waals surface area (Å²) < 4.78 is 0. The molecule has 0 radical (unpaired) electrons. The second kappa shape index (κ2) is 13.0. The summed E-state index contributed by atoms with van der Waals surface area (Å²) in [6, 6.07) is 4.13. The Labute approximate surface area is 201 Å². The number of aliphatic hydroxyl groups is 1. The molecule has 34 heavy (non-hydrogen) atoms. The largest absolute Gasteiger partial charge is 0.480 e. The van der Waals surface area contributed by atoms with E-state index in [2.05, 4.69) is 20.9 Å². The lowest BCUT2D eigenvalue weighted by molar-refractivity contribution is -0.138. The van der Waals surface area contributed by atoms with Crippen LogP contribution in [0.15, 0.2) is 30.5 Å². The molecule has 3 amide bonds. The lowest BCUT2D eigenvalue weighted by Crippen LogP contribution is -2.58. The third kappa shape index (κ3) is 7.75. The molecule has 0 saturated heterocycles. The number of amides is 3. The monoisotopic (exact) mass is 493 g/mol. The molecule has 0 saturated carbocycles. The van der Waals surface area contributed by atoms with Gasteiger partial charge in [-0.3, -0.25) is 19.2 Å². The number of aromatic nitrogens is 1. The van der Waals surface area contributed by atoms with Gasteiger partial charge in [-0.2, -0.15) is 11.8 Å². The number of thioether (sulfide) groups is 1. The summed E-state index contributed by atoms with van der Waals surface area (Å²) >= 11 is 1.46. The van der Waals surface area contributed by atoms with E-state index < -0.39 is 54.5 Å². The number of carbonyl (C=O) groups excluding carboxylic acids is 3. The topological polar surface area (TPSA) is 187 Å². The number of carboxylic acid groups (broad SMARTS) is 1. The Hall–Kier alpha value is -3.09. The molecule has 8 N–H and O–H groups in total. The Bertz CT molecular complexity index is 1010. The highest BCUT2D eigenvalue weighted by Gasteiger charge is 2.30. The molecule has 186 valence electrons. The molecule has 4 unspecified atom stereocenters. The number of aliphatic carboxylic acids is 1. The molecular formula is C22H31N5O6S. The number of carbonyl (C=O) groups is 4. The standard InChI is InChI=1S/C22H31N5O6S/c1-12(28)19(23)22(33)27-17(9-13-10-24-15-6-4-3-5-14(13)15)21(32)26-16(7-8-34-2)20(31)25-11-18(29)30/h3-6,10,12,16-17,19,24,28H,7-9,11,23H2,1-2H3,(H,25,31)(H,26,32)(H,27,33)(H,29,30). The van der Waals surface area contributed by atoms with Gasteiger partial charge in [0.05, 0.1) is 6.10 Å². The third-order valence-corrected chi connectivity index (χ3v) is 5.86. The fourth-order valence-corrected chi connectivity index (χ4v) is 3.75. The van der Waals surface area contributed by atoms with Crippen molar-refractivity contribution >= 4 is 46.4 Å². The van der Waals surface area contributed by atoms with Crippen molar-refractivity contribution in [3.8, 4) is 0 Å². The van der Waals surface area contributed by atoms with E-state index in [-0.39, 0.29) is 12.8 Å². The van der Waals surface area contributed by atoms with E-state index >= 15 is 0 Å². The van der Waals surface area contributed by atoms with Gasteiger partial charge in [-0.1, -0.05) is 18.2 Å². The van der Waals surface area contributed by atoms with Gasteiger partial charge in [-0.15, -0.1) is 0 Å². The Morgan fingerprint density at radius 3 is 2.41 bits per heavy atom. The number of hydrogen-bond acceptors (Lipinski definition) is 7. The fourth-order valence-electron chi connectivity index (χ4n) is 3.28. The van der Waals surface area contributed by atoms with Crippen LogP contribution in [0.2, 0.25) is 0 Å². The molecule has 0 bridgehead atoms. The zero-order chi connectivity index (χ0) is 25.3. The molecular weight excluding hydrogens is 462 g/mol. The van der Waals surface area contributed by atoms with Gasteiger partial charge in [0.15, 0.2) is 0 Å². The maximum absolute atomic E-state index is 13.2. The summed E-state index contributed by atoms with van der Waals surface area (Å²) in [7, 11) is 0. The van der Waals surface area contributed by atoms with Crippen LogP contribution in [0.4, 0.5) is 0 Å². The fraction of sp³-hybridized carbons (Fsp3) is 0.455. The molecule has 0 aliphatic rings. The highest BCUT2D eigenvalue weighted by atomic mass is 32.2. The molecule has 2 rings (SSSR count). The summed E-state index contributed by atoms with van der Waals surface area (Å²) in [5.41, 5.74) is 7.35. The van der Waals surface area contributed by atoms with Crippen LogP contribution in [0, 0.1) is 0 Å². The smallest absolute Gasteiger partial charge is 0.322 e. The first-order valence-electron chi connectivity index (χ1n) is 10.7. The third-order valence-electron chi connectivity index (χ3n) is 5.21. The van der Waals surface area contributed by atoms with Crippen LogP contribution in [0.1, 0.15) is 18.9 Å². The summed E-state index contributed by atoms with van der Waals surface area (Å²) in [5.74, 6) is -2.65. The minimum Gasteiger partial charge on any atom is -0.480 e. The van der Waals surface area contributed by atoms with Crippen molar-refractivity contribution in [2.45, 2.75) is 44.0 Å². The molecule has 1 heterocycles. The normalized spacial score (nSPS) is 14.6. The van der Waals surface area contributed by atoms with Crippen molar-refractivity contribution < 1.29 is 29.4 Å². The molecule has 0 fully saturated rings. The van der Waals surface area contributed by atoms with Crippen molar-refractivity contribution in [2.24, 2.45) is 5.73 Å². The van der Waals surface area contributed by atoms with Gasteiger partial charge in [-0.05, 0) is 37.0 Å². The van der Waals surface area contributed by atoms with E-state index in [1.54, 1.807) is 6.20 Å². The number of nitrogens with one attached hydrogen (secondary N) is 4. The first-order chi connectivity index (χ1) is 16.1. The van der Waals surface area contributed by atoms with Crippen molar-refractivity contribution in [3.05, 3.63) is 36.0 Å². The molecule has 11 nitrogen and oxygen atoms in total. The number of carboxylic acids is 1. The molecule has 0 aliphatic heterocycles. The van der Waals surface area contributed by atoms with Gasteiger partial charge >= 0.3 is 5.97 Å². The van der Waals surface area contributed by atoms with Crippen molar-refractivity contribution in [2.75, 3.05) is 18.6 Å². The van der Waals surface area contributed by atoms with Gasteiger partial charge in [0.1, 0.15) is 24.7 Å². The summed E-state index contributed by atoms with van der Waals surface area (Å²) in [6.45, 7) is 0.785. The van der Waals surface area contributed by atoms with Crippen LogP contribution in [0.3, 0.4) is 0 Å². The van der Waals surface area contributed by atoms with Crippen LogP contribution in [-0.4, -0.2) is 81.7 Å². The van der Waals surface area contributed by atoms with E-state index in [1.165, 1.54) is 18.7 Å². The number of hydrogen-bond donors (Lipinski definition) is 7. The summed E-state index contributed by atoms with van der Waals surface area (Å²) in [4.78, 5) is 52.1. The van der Waals surface area contributed by atoms with Gasteiger partial charge in [0, 0.05) is 23.5 Å². The lowest BCUT2D eigenvalue weighted by Gasteiger charge is -2.24. The number of fused-ring (bicyclic) bond motifs is 1. The van der Waals surface area contributed by atoms with Crippen LogP contribution >= 0.6 is 11.8 Å². The molecule has 0 aliphatic carbocycles. The molecule has 2 aromatic rings. The predicted molar refractivity (Wildman–Crippen MR) is 129 cm³/mol. The van der Waals surface area contributed by atoms with Crippen LogP contribution < -0.4 is 21.7 Å². The van der Waals surface area contributed by atoms with E-state index in [0.717, 1.165) is 16.5 Å². The number of H-pyrrole nitrogens is 1. The highest BCUT2D eigenvalue weighted by Crippen LogP contribution is 2.19. The van der Waals surface area contributed by atoms with Crippen LogP contribution in [-0.2, 0) is 25.6 Å². The predicted octanol–water partition coefficient (Wildman–Crippen LogP) is -0.658. The van der Waals surface area contributed by atoms with E-state index in [4.69, 9.17) is 10.8 Å². The molecule has 12 heteroatoms. The number of aliphatic hydroxyl groups excluding tert-OH is 1. The van der Waals surface area contributed by atoms with Crippen molar-refractivity contribution in [1.82, 2.24) is 20.9 Å². The Balaban J connectivity index is 2.25. The van der Waals surface area contributed by atoms with Crippen molar-refractivity contribution in [3.63, 3.8) is 0 Å². The van der Waals surface area contributed by atoms with Crippen molar-refractivity contribution in [1.29, 1.82) is 0 Å². The molecule has 0 spiro atoms. The van der Waals surface area contributed by atoms with Gasteiger partial charge < -0.3 is 36.9 Å². The number of para-hydroxylation sites is 1. The summed E-state index contributed by atoms with van der Waals surface area (Å²) in [5, 5.41) is 26.8. The maximum atomic E-state index is 13.2. The van der Waals surface area contributed by atoms with Gasteiger partial charge in [0.25, 0.3) is 0 Å². The second-order valence-corrected chi connectivity index (χ2v) is 8.83. The Morgan fingerprint density at radius 2 is 1.76 bits per heavy atom. The quantitative estimate of drug-likeness (QED) is 0.192. The Morgan fingerprint density at radius 1 is 1.09 bits per heavy atom. The van der Waals surface area contributed by atoms with Gasteiger partial charge in [-0.25, -0.2) is 0 Å².